The summed E-state index contributed by atoms with van der Waals surface area (Å²) in [5, 5.41) is 6.04. The Hall–Kier alpha value is -3.59. The molecule has 5 rings (SSSR count). The number of hydrogen-bond acceptors (Lipinski definition) is 5. The van der Waals surface area contributed by atoms with Gasteiger partial charge < -0.3 is 20.4 Å². The second-order valence-corrected chi connectivity index (χ2v) is 9.44. The van der Waals surface area contributed by atoms with Gasteiger partial charge in [-0.2, -0.15) is 0 Å². The zero-order chi connectivity index (χ0) is 24.6. The first kappa shape index (κ1) is 23.2. The monoisotopic (exact) mass is 495 g/mol. The minimum absolute atomic E-state index is 0.183. The number of urea groups is 1. The zero-order valence-corrected chi connectivity index (χ0v) is 19.9. The van der Waals surface area contributed by atoms with Crippen molar-refractivity contribution in [3.8, 4) is 0 Å². The molecule has 2 heterocycles. The first-order valence-electron chi connectivity index (χ1n) is 11.6. The molecule has 1 atom stereocenters. The van der Waals surface area contributed by atoms with Crippen molar-refractivity contribution in [1.82, 2.24) is 20.4 Å². The first-order chi connectivity index (χ1) is 16.9. The maximum Gasteiger partial charge on any atom is 0.325 e. The fraction of sp³-hybridized carbons (Fsp3) is 0.360. The predicted molar refractivity (Wildman–Crippen MR) is 130 cm³/mol. The first-order valence-corrected chi connectivity index (χ1v) is 12.0. The average Bonchev–Trinajstić information content (AvgIpc) is 3.36. The van der Waals surface area contributed by atoms with Crippen molar-refractivity contribution in [1.29, 1.82) is 0 Å². The molecule has 2 aliphatic heterocycles. The molecule has 0 aromatic heterocycles. The molecule has 10 heteroatoms. The second-order valence-electron chi connectivity index (χ2n) is 9.00. The molecule has 35 heavy (non-hydrogen) atoms. The van der Waals surface area contributed by atoms with Crippen LogP contribution in [-0.2, 0) is 26.3 Å². The molecule has 2 saturated heterocycles. The Bertz CT molecular complexity index is 1180. The average molecular weight is 496 g/mol. The second kappa shape index (κ2) is 9.22. The number of carbonyl (C=O) groups is 4. The molecule has 1 unspecified atom stereocenters. The lowest BCUT2D eigenvalue weighted by molar-refractivity contribution is -0.136. The molecular formula is C25H26ClN5O4. The highest BCUT2D eigenvalue weighted by atomic mass is 35.5. The summed E-state index contributed by atoms with van der Waals surface area (Å²) in [6, 6.07) is 14.5. The molecule has 2 aromatic carbocycles. The Morgan fingerprint density at radius 1 is 1.00 bits per heavy atom. The molecule has 2 fully saturated rings. The summed E-state index contributed by atoms with van der Waals surface area (Å²) >= 11 is 5.95. The maximum absolute atomic E-state index is 13.2. The van der Waals surface area contributed by atoms with Gasteiger partial charge in [-0.15, -0.1) is 0 Å². The number of halogens is 1. The number of amides is 5. The van der Waals surface area contributed by atoms with Crippen molar-refractivity contribution in [3.05, 3.63) is 64.7 Å². The van der Waals surface area contributed by atoms with E-state index in [0.717, 1.165) is 21.7 Å². The van der Waals surface area contributed by atoms with Gasteiger partial charge in [0.05, 0.1) is 6.54 Å². The Labute approximate surface area is 208 Å². The lowest BCUT2D eigenvalue weighted by atomic mass is 9.92. The van der Waals surface area contributed by atoms with Gasteiger partial charge in [-0.3, -0.25) is 19.3 Å². The third-order valence-corrected chi connectivity index (χ3v) is 7.24. The van der Waals surface area contributed by atoms with Gasteiger partial charge in [-0.25, -0.2) is 4.79 Å². The van der Waals surface area contributed by atoms with Crippen molar-refractivity contribution >= 4 is 41.0 Å². The van der Waals surface area contributed by atoms with Gasteiger partial charge in [-0.05, 0) is 48.2 Å². The van der Waals surface area contributed by atoms with Crippen molar-refractivity contribution in [2.24, 2.45) is 0 Å². The van der Waals surface area contributed by atoms with Crippen LogP contribution < -0.4 is 15.5 Å². The van der Waals surface area contributed by atoms with Crippen LogP contribution in [0.1, 0.15) is 17.5 Å². The van der Waals surface area contributed by atoms with Gasteiger partial charge in [0, 0.05) is 36.9 Å². The van der Waals surface area contributed by atoms with E-state index in [1.54, 1.807) is 4.90 Å². The molecule has 2 N–H and O–H groups in total. The van der Waals surface area contributed by atoms with Crippen LogP contribution in [-0.4, -0.2) is 72.8 Å². The highest BCUT2D eigenvalue weighted by molar-refractivity contribution is 6.30. The van der Waals surface area contributed by atoms with E-state index >= 15 is 0 Å². The normalized spacial score (nSPS) is 21.3. The van der Waals surface area contributed by atoms with Crippen LogP contribution in [0.4, 0.5) is 10.5 Å². The van der Waals surface area contributed by atoms with E-state index in [4.69, 9.17) is 11.6 Å². The molecule has 0 radical (unpaired) electrons. The smallest absolute Gasteiger partial charge is 0.325 e. The summed E-state index contributed by atoms with van der Waals surface area (Å²) in [6.07, 6.45) is 1.15. The Balaban J connectivity index is 1.12. The van der Waals surface area contributed by atoms with Crippen molar-refractivity contribution in [2.75, 3.05) is 44.2 Å². The molecule has 0 bridgehead atoms. The number of aryl methyl sites for hydroxylation is 1. The maximum atomic E-state index is 13.2. The summed E-state index contributed by atoms with van der Waals surface area (Å²) in [5.74, 6) is -1.18. The fourth-order valence-electron chi connectivity index (χ4n) is 5.08. The van der Waals surface area contributed by atoms with E-state index in [9.17, 15) is 19.2 Å². The van der Waals surface area contributed by atoms with Crippen LogP contribution >= 0.6 is 11.6 Å². The summed E-state index contributed by atoms with van der Waals surface area (Å²) in [7, 11) is 0. The van der Waals surface area contributed by atoms with Crippen LogP contribution in [0.2, 0.25) is 5.02 Å². The van der Waals surface area contributed by atoms with Crippen LogP contribution in [0.3, 0.4) is 0 Å². The minimum Gasteiger partial charge on any atom is -0.368 e. The van der Waals surface area contributed by atoms with E-state index in [2.05, 4.69) is 15.5 Å². The van der Waals surface area contributed by atoms with E-state index in [0.29, 0.717) is 44.0 Å². The Kier molecular flexibility index (Phi) is 6.10. The van der Waals surface area contributed by atoms with Crippen LogP contribution in [0.5, 0.6) is 0 Å². The van der Waals surface area contributed by atoms with E-state index in [1.165, 1.54) is 0 Å². The standard InChI is InChI=1S/C25H26ClN5O4/c26-18-5-7-19(8-6-18)29-11-13-30(14-12-29)22(33)15-27-21(32)16-31-23(34)25(28-24(31)35)10-9-17-3-1-2-4-20(17)25/h1-8H,9-16H2,(H,27,32)(H,28,35). The number of nitrogens with zero attached hydrogens (tertiary/aromatic N) is 3. The Morgan fingerprint density at radius 3 is 2.46 bits per heavy atom. The molecule has 0 saturated carbocycles. The lowest BCUT2D eigenvalue weighted by Crippen LogP contribution is -2.52. The highest BCUT2D eigenvalue weighted by Crippen LogP contribution is 2.41. The molecule has 5 amide bonds. The highest BCUT2D eigenvalue weighted by Gasteiger charge is 2.55. The van der Waals surface area contributed by atoms with Crippen molar-refractivity contribution < 1.29 is 19.2 Å². The summed E-state index contributed by atoms with van der Waals surface area (Å²) < 4.78 is 0. The number of fused-ring (bicyclic) bond motifs is 2. The van der Waals surface area contributed by atoms with Gasteiger partial charge in [0.1, 0.15) is 12.1 Å². The quantitative estimate of drug-likeness (QED) is 0.612. The number of benzene rings is 2. The molecule has 1 aliphatic carbocycles. The lowest BCUT2D eigenvalue weighted by Gasteiger charge is -2.36. The van der Waals surface area contributed by atoms with Crippen LogP contribution in [0, 0.1) is 0 Å². The molecular weight excluding hydrogens is 470 g/mol. The number of nitrogens with one attached hydrogen (secondary N) is 2. The number of imide groups is 1. The largest absolute Gasteiger partial charge is 0.368 e. The SMILES string of the molecule is O=C(CN1C(=O)NC2(CCc3ccccc32)C1=O)NCC(=O)N1CCN(c2ccc(Cl)cc2)CC1. The zero-order valence-electron chi connectivity index (χ0n) is 19.1. The predicted octanol–water partition coefficient (Wildman–Crippen LogP) is 1.50. The summed E-state index contributed by atoms with van der Waals surface area (Å²) in [4.78, 5) is 55.7. The van der Waals surface area contributed by atoms with Crippen LogP contribution in [0.25, 0.3) is 0 Å². The van der Waals surface area contributed by atoms with Crippen molar-refractivity contribution in [3.63, 3.8) is 0 Å². The van der Waals surface area contributed by atoms with Gasteiger partial charge in [0.15, 0.2) is 0 Å². The van der Waals surface area contributed by atoms with E-state index < -0.39 is 29.9 Å². The number of rotatable bonds is 5. The topological polar surface area (TPSA) is 102 Å². The third kappa shape index (κ3) is 4.32. The van der Waals surface area contributed by atoms with Gasteiger partial charge in [-0.1, -0.05) is 35.9 Å². The molecule has 2 aromatic rings. The number of hydrogen-bond donors (Lipinski definition) is 2. The molecule has 3 aliphatic rings. The molecule has 1 spiro atoms. The molecule has 9 nitrogen and oxygen atoms in total. The fourth-order valence-corrected chi connectivity index (χ4v) is 5.21. The number of carbonyl (C=O) groups excluding carboxylic acids is 4. The summed E-state index contributed by atoms with van der Waals surface area (Å²) in [5.41, 5.74) is 1.75. The minimum atomic E-state index is -1.10. The summed E-state index contributed by atoms with van der Waals surface area (Å²) in [6.45, 7) is 1.81. The van der Waals surface area contributed by atoms with Gasteiger partial charge >= 0.3 is 6.03 Å². The van der Waals surface area contributed by atoms with E-state index in [-0.39, 0.29) is 12.5 Å². The van der Waals surface area contributed by atoms with E-state index in [1.807, 2.05) is 48.5 Å². The van der Waals surface area contributed by atoms with Gasteiger partial charge in [0.25, 0.3) is 5.91 Å². The van der Waals surface area contributed by atoms with Crippen molar-refractivity contribution in [2.45, 2.75) is 18.4 Å². The third-order valence-electron chi connectivity index (χ3n) is 6.98. The Morgan fingerprint density at radius 2 is 1.71 bits per heavy atom. The van der Waals surface area contributed by atoms with Crippen LogP contribution in [0.15, 0.2) is 48.5 Å². The number of anilines is 1. The van der Waals surface area contributed by atoms with Gasteiger partial charge in [0.2, 0.25) is 11.8 Å². The molecule has 182 valence electrons. The number of piperazine rings is 1.